The van der Waals surface area contributed by atoms with Gasteiger partial charge >= 0.3 is 0 Å². The molecular formula is C20H20Cl2N3O2+. The van der Waals surface area contributed by atoms with Gasteiger partial charge in [0.25, 0.3) is 5.91 Å². The number of hydrogen-bond donors (Lipinski definition) is 1. The quantitative estimate of drug-likeness (QED) is 0.796. The molecule has 0 radical (unpaired) electrons. The van der Waals surface area contributed by atoms with Crippen molar-refractivity contribution >= 4 is 46.4 Å². The van der Waals surface area contributed by atoms with Crippen molar-refractivity contribution in [2.45, 2.75) is 12.5 Å². The maximum Gasteiger partial charge on any atom is 0.292 e. The summed E-state index contributed by atoms with van der Waals surface area (Å²) in [6, 6.07) is 14.8. The van der Waals surface area contributed by atoms with E-state index in [0.717, 1.165) is 26.2 Å². The molecule has 2 saturated heterocycles. The number of carbonyl (C=O) groups is 2. The molecule has 2 aromatic rings. The summed E-state index contributed by atoms with van der Waals surface area (Å²) in [4.78, 5) is 30.2. The van der Waals surface area contributed by atoms with Crippen LogP contribution in [0.3, 0.4) is 0 Å². The van der Waals surface area contributed by atoms with Crippen LogP contribution < -0.4 is 14.7 Å². The third-order valence-electron chi connectivity index (χ3n) is 5.33. The number of rotatable bonds is 3. The lowest BCUT2D eigenvalue weighted by Crippen LogP contribution is -3.19. The Kier molecular flexibility index (Phi) is 5.08. The van der Waals surface area contributed by atoms with Crippen molar-refractivity contribution in [3.05, 3.63) is 58.6 Å². The summed E-state index contributed by atoms with van der Waals surface area (Å²) >= 11 is 12.0. The molecule has 1 N–H and O–H groups in total. The van der Waals surface area contributed by atoms with Crippen molar-refractivity contribution in [3.8, 4) is 0 Å². The zero-order valence-corrected chi connectivity index (χ0v) is 16.2. The molecule has 27 heavy (non-hydrogen) atoms. The van der Waals surface area contributed by atoms with Gasteiger partial charge in [0.1, 0.15) is 0 Å². The van der Waals surface area contributed by atoms with E-state index < -0.39 is 0 Å². The zero-order chi connectivity index (χ0) is 19.0. The minimum absolute atomic E-state index is 0.151. The summed E-state index contributed by atoms with van der Waals surface area (Å²) in [6.45, 7) is 3.38. The van der Waals surface area contributed by atoms with Crippen molar-refractivity contribution in [2.75, 3.05) is 36.0 Å². The SMILES string of the molecule is O=C1C[C@@H]([NH+]2CCN(c3ccccc3)CC2)C(=O)N1c1ccc(Cl)c(Cl)c1. The normalized spacial score (nSPS) is 21.2. The number of amides is 2. The molecular weight excluding hydrogens is 385 g/mol. The first-order valence-corrected chi connectivity index (χ1v) is 9.76. The fourth-order valence-corrected chi connectivity index (χ4v) is 4.18. The van der Waals surface area contributed by atoms with Crippen LogP contribution >= 0.6 is 23.2 Å². The number of anilines is 2. The molecule has 140 valence electrons. The van der Waals surface area contributed by atoms with Gasteiger partial charge in [-0.2, -0.15) is 0 Å². The molecule has 0 spiro atoms. The molecule has 4 rings (SSSR count). The second kappa shape index (κ2) is 7.50. The van der Waals surface area contributed by atoms with Crippen LogP contribution in [-0.4, -0.2) is 44.0 Å². The first-order chi connectivity index (χ1) is 13.0. The van der Waals surface area contributed by atoms with Crippen LogP contribution in [0.4, 0.5) is 11.4 Å². The Labute approximate surface area is 168 Å². The number of benzene rings is 2. The van der Waals surface area contributed by atoms with Crippen molar-refractivity contribution < 1.29 is 14.5 Å². The first kappa shape index (κ1) is 18.3. The van der Waals surface area contributed by atoms with Crippen molar-refractivity contribution in [2.24, 2.45) is 0 Å². The van der Waals surface area contributed by atoms with Gasteiger partial charge in [-0.05, 0) is 30.3 Å². The van der Waals surface area contributed by atoms with Crippen LogP contribution in [-0.2, 0) is 9.59 Å². The largest absolute Gasteiger partial charge is 0.360 e. The smallest absolute Gasteiger partial charge is 0.292 e. The Morgan fingerprint density at radius 3 is 2.26 bits per heavy atom. The Balaban J connectivity index is 1.45. The highest BCUT2D eigenvalue weighted by Gasteiger charge is 2.46. The first-order valence-electron chi connectivity index (χ1n) is 9.01. The van der Waals surface area contributed by atoms with Crippen LogP contribution in [0.1, 0.15) is 6.42 Å². The Bertz CT molecular complexity index is 867. The average Bonchev–Trinajstić information content (AvgIpc) is 2.99. The zero-order valence-electron chi connectivity index (χ0n) is 14.7. The molecule has 0 aromatic heterocycles. The summed E-state index contributed by atoms with van der Waals surface area (Å²) in [5, 5.41) is 0.737. The van der Waals surface area contributed by atoms with Crippen LogP contribution in [0.2, 0.25) is 10.0 Å². The molecule has 0 unspecified atom stereocenters. The Morgan fingerprint density at radius 1 is 0.889 bits per heavy atom. The van der Waals surface area contributed by atoms with Gasteiger partial charge in [0.05, 0.1) is 48.3 Å². The van der Waals surface area contributed by atoms with Gasteiger partial charge in [-0.15, -0.1) is 0 Å². The van der Waals surface area contributed by atoms with E-state index in [1.807, 2.05) is 18.2 Å². The summed E-state index contributed by atoms with van der Waals surface area (Å²) in [7, 11) is 0. The highest BCUT2D eigenvalue weighted by atomic mass is 35.5. The molecule has 2 aromatic carbocycles. The van der Waals surface area contributed by atoms with Crippen molar-refractivity contribution in [1.82, 2.24) is 0 Å². The summed E-state index contributed by atoms with van der Waals surface area (Å²) in [6.07, 6.45) is 0.236. The number of quaternary nitrogens is 1. The maximum atomic E-state index is 13.0. The Hall–Kier alpha value is -2.08. The summed E-state index contributed by atoms with van der Waals surface area (Å²) < 4.78 is 0. The van der Waals surface area contributed by atoms with Gasteiger partial charge in [0.15, 0.2) is 6.04 Å². The molecule has 2 aliphatic rings. The molecule has 1 atom stereocenters. The molecule has 2 fully saturated rings. The van der Waals surface area contributed by atoms with E-state index >= 15 is 0 Å². The summed E-state index contributed by atoms with van der Waals surface area (Å²) in [5.41, 5.74) is 1.69. The van der Waals surface area contributed by atoms with Gasteiger partial charge in [-0.3, -0.25) is 9.59 Å². The number of nitrogens with zero attached hydrogens (tertiary/aromatic N) is 2. The van der Waals surface area contributed by atoms with Gasteiger partial charge in [0.2, 0.25) is 5.91 Å². The average molecular weight is 405 g/mol. The molecule has 2 heterocycles. The standard InChI is InChI=1S/C20H19Cl2N3O2/c21-16-7-6-15(12-17(16)22)25-19(26)13-18(20(25)27)24-10-8-23(9-11-24)14-4-2-1-3-5-14/h1-7,12,18H,8-11,13H2/p+1/t18-/m1/s1. The number of carbonyl (C=O) groups excluding carboxylic acids is 2. The number of hydrogen-bond acceptors (Lipinski definition) is 3. The number of piperazine rings is 1. The van der Waals surface area contributed by atoms with E-state index in [1.165, 1.54) is 15.5 Å². The minimum atomic E-state index is -0.329. The molecule has 7 heteroatoms. The third-order valence-corrected chi connectivity index (χ3v) is 6.07. The lowest BCUT2D eigenvalue weighted by atomic mass is 10.1. The fraction of sp³-hybridized carbons (Fsp3) is 0.300. The van der Waals surface area contributed by atoms with E-state index in [1.54, 1.807) is 18.2 Å². The molecule has 0 aliphatic carbocycles. The van der Waals surface area contributed by atoms with Crippen LogP contribution in [0.25, 0.3) is 0 Å². The molecule has 0 saturated carbocycles. The number of para-hydroxylation sites is 1. The second-order valence-electron chi connectivity index (χ2n) is 6.90. The monoisotopic (exact) mass is 404 g/mol. The van der Waals surface area contributed by atoms with Crippen LogP contribution in [0, 0.1) is 0 Å². The minimum Gasteiger partial charge on any atom is -0.360 e. The van der Waals surface area contributed by atoms with Crippen LogP contribution in [0.15, 0.2) is 48.5 Å². The van der Waals surface area contributed by atoms with Gasteiger partial charge in [0, 0.05) is 5.69 Å². The highest BCUT2D eigenvalue weighted by molar-refractivity contribution is 6.42. The third kappa shape index (κ3) is 3.55. The predicted octanol–water partition coefficient (Wildman–Crippen LogP) is 2.03. The fourth-order valence-electron chi connectivity index (χ4n) is 3.89. The van der Waals surface area contributed by atoms with Crippen molar-refractivity contribution in [3.63, 3.8) is 0 Å². The van der Waals surface area contributed by atoms with E-state index in [9.17, 15) is 9.59 Å². The van der Waals surface area contributed by atoms with E-state index in [0.29, 0.717) is 15.7 Å². The lowest BCUT2D eigenvalue weighted by Gasteiger charge is -2.35. The number of nitrogens with one attached hydrogen (secondary N) is 1. The number of halogens is 2. The van der Waals surface area contributed by atoms with Gasteiger partial charge in [-0.25, -0.2) is 4.90 Å². The number of imide groups is 1. The second-order valence-corrected chi connectivity index (χ2v) is 7.72. The lowest BCUT2D eigenvalue weighted by molar-refractivity contribution is -0.915. The molecule has 5 nitrogen and oxygen atoms in total. The topological polar surface area (TPSA) is 45.1 Å². The van der Waals surface area contributed by atoms with E-state index in [-0.39, 0.29) is 24.3 Å². The highest BCUT2D eigenvalue weighted by Crippen LogP contribution is 2.29. The Morgan fingerprint density at radius 2 is 1.59 bits per heavy atom. The van der Waals surface area contributed by atoms with E-state index in [4.69, 9.17) is 23.2 Å². The van der Waals surface area contributed by atoms with Crippen molar-refractivity contribution in [1.29, 1.82) is 0 Å². The summed E-state index contributed by atoms with van der Waals surface area (Å²) in [5.74, 6) is -0.331. The molecule has 2 aliphatic heterocycles. The molecule has 2 amide bonds. The van der Waals surface area contributed by atoms with Gasteiger partial charge in [-0.1, -0.05) is 41.4 Å². The predicted molar refractivity (Wildman–Crippen MR) is 107 cm³/mol. The molecule has 0 bridgehead atoms. The van der Waals surface area contributed by atoms with E-state index in [2.05, 4.69) is 17.0 Å². The van der Waals surface area contributed by atoms with Crippen LogP contribution in [0.5, 0.6) is 0 Å². The van der Waals surface area contributed by atoms with Gasteiger partial charge < -0.3 is 9.80 Å². The maximum absolute atomic E-state index is 13.0.